The summed E-state index contributed by atoms with van der Waals surface area (Å²) in [5.74, 6) is -0.378. The molecular weight excluding hydrogens is 292 g/mol. The van der Waals surface area contributed by atoms with E-state index in [1.807, 2.05) is 6.92 Å². The number of amides is 2. The highest BCUT2D eigenvalue weighted by Gasteiger charge is 2.16. The maximum absolute atomic E-state index is 12.2. The molecule has 6 heteroatoms. The Bertz CT molecular complexity index is 536. The molecule has 0 unspecified atom stereocenters. The van der Waals surface area contributed by atoms with E-state index >= 15 is 0 Å². The first-order valence-electron chi connectivity index (χ1n) is 6.67. The standard InChI is InChI=1S/C15H17ClN2O3/c1-12(17-6-8-21-9-7-17)10-15(20)18(11-19)14-4-2-13(16)3-5-14/h2-5,10-11H,6-9H2,1H3/b12-10+. The van der Waals surface area contributed by atoms with Crippen molar-refractivity contribution < 1.29 is 14.3 Å². The number of nitrogens with zero attached hydrogens (tertiary/aromatic N) is 2. The number of carbonyl (C=O) groups excluding carboxylic acids is 2. The fourth-order valence-electron chi connectivity index (χ4n) is 2.10. The minimum Gasteiger partial charge on any atom is -0.378 e. The molecule has 0 aromatic heterocycles. The summed E-state index contributed by atoms with van der Waals surface area (Å²) in [7, 11) is 0. The summed E-state index contributed by atoms with van der Waals surface area (Å²) < 4.78 is 5.27. The fourth-order valence-corrected chi connectivity index (χ4v) is 2.22. The van der Waals surface area contributed by atoms with Gasteiger partial charge in [-0.05, 0) is 31.2 Å². The molecule has 1 aromatic carbocycles. The molecule has 2 amide bonds. The van der Waals surface area contributed by atoms with Crippen LogP contribution in [0.2, 0.25) is 5.02 Å². The van der Waals surface area contributed by atoms with Crippen molar-refractivity contribution in [3.63, 3.8) is 0 Å². The second-order valence-electron chi connectivity index (χ2n) is 4.68. The Balaban J connectivity index is 2.12. The normalized spacial score (nSPS) is 15.7. The van der Waals surface area contributed by atoms with E-state index in [0.717, 1.165) is 23.7 Å². The number of halogens is 1. The zero-order chi connectivity index (χ0) is 15.2. The lowest BCUT2D eigenvalue weighted by atomic mass is 10.2. The van der Waals surface area contributed by atoms with E-state index < -0.39 is 0 Å². The number of ether oxygens (including phenoxy) is 1. The predicted octanol–water partition coefficient (Wildman–Crippen LogP) is 2.07. The van der Waals surface area contributed by atoms with E-state index in [0.29, 0.717) is 30.3 Å². The second kappa shape index (κ2) is 7.24. The molecule has 1 aromatic rings. The van der Waals surface area contributed by atoms with Crippen molar-refractivity contribution in [2.24, 2.45) is 0 Å². The SMILES string of the molecule is C/C(=C\C(=O)N(C=O)c1ccc(Cl)cc1)N1CCOCC1. The van der Waals surface area contributed by atoms with Gasteiger partial charge in [0.25, 0.3) is 5.91 Å². The Kier molecular flexibility index (Phi) is 5.36. The van der Waals surface area contributed by atoms with Crippen LogP contribution in [0.25, 0.3) is 0 Å². The van der Waals surface area contributed by atoms with Crippen LogP contribution in [-0.4, -0.2) is 43.5 Å². The van der Waals surface area contributed by atoms with Gasteiger partial charge in [0, 0.05) is 29.9 Å². The van der Waals surface area contributed by atoms with Gasteiger partial charge in [0.15, 0.2) is 0 Å². The first-order chi connectivity index (χ1) is 10.1. The molecule has 1 saturated heterocycles. The third-order valence-corrected chi connectivity index (χ3v) is 3.54. The molecule has 0 saturated carbocycles. The molecule has 1 aliphatic heterocycles. The van der Waals surface area contributed by atoms with Gasteiger partial charge in [-0.25, -0.2) is 4.90 Å². The number of anilines is 1. The number of carbonyl (C=O) groups is 2. The fraction of sp³-hybridized carbons (Fsp3) is 0.333. The third kappa shape index (κ3) is 4.06. The number of morpholine rings is 1. The molecule has 0 radical (unpaired) electrons. The Labute approximate surface area is 128 Å². The number of hydrogen-bond donors (Lipinski definition) is 0. The minimum atomic E-state index is -0.378. The molecule has 0 bridgehead atoms. The van der Waals surface area contributed by atoms with Crippen molar-refractivity contribution in [3.05, 3.63) is 41.1 Å². The number of hydrogen-bond acceptors (Lipinski definition) is 4. The lowest BCUT2D eigenvalue weighted by molar-refractivity contribution is -0.118. The summed E-state index contributed by atoms with van der Waals surface area (Å²) in [4.78, 5) is 26.6. The average Bonchev–Trinajstić information content (AvgIpc) is 2.50. The Morgan fingerprint density at radius 2 is 1.90 bits per heavy atom. The number of imide groups is 1. The van der Waals surface area contributed by atoms with Gasteiger partial charge in [-0.2, -0.15) is 0 Å². The van der Waals surface area contributed by atoms with Crippen molar-refractivity contribution in [2.45, 2.75) is 6.92 Å². The number of rotatable bonds is 4. The summed E-state index contributed by atoms with van der Waals surface area (Å²) in [6.45, 7) is 4.64. The van der Waals surface area contributed by atoms with Crippen molar-refractivity contribution in [3.8, 4) is 0 Å². The van der Waals surface area contributed by atoms with Crippen LogP contribution in [0.15, 0.2) is 36.0 Å². The number of allylic oxidation sites excluding steroid dienone is 1. The predicted molar refractivity (Wildman–Crippen MR) is 81.2 cm³/mol. The van der Waals surface area contributed by atoms with Crippen LogP contribution in [0, 0.1) is 0 Å². The van der Waals surface area contributed by atoms with Gasteiger partial charge in [-0.1, -0.05) is 11.6 Å². The van der Waals surface area contributed by atoms with Crippen LogP contribution in [-0.2, 0) is 14.3 Å². The molecule has 2 rings (SSSR count). The molecule has 0 atom stereocenters. The zero-order valence-corrected chi connectivity index (χ0v) is 12.5. The van der Waals surface area contributed by atoms with E-state index in [2.05, 4.69) is 4.90 Å². The maximum atomic E-state index is 12.2. The monoisotopic (exact) mass is 308 g/mol. The van der Waals surface area contributed by atoms with Crippen LogP contribution in [0.3, 0.4) is 0 Å². The first-order valence-corrected chi connectivity index (χ1v) is 7.04. The van der Waals surface area contributed by atoms with Gasteiger partial charge in [0.1, 0.15) is 0 Å². The average molecular weight is 309 g/mol. The molecule has 1 fully saturated rings. The van der Waals surface area contributed by atoms with Crippen molar-refractivity contribution in [2.75, 3.05) is 31.2 Å². The highest BCUT2D eigenvalue weighted by atomic mass is 35.5. The lowest BCUT2D eigenvalue weighted by Crippen LogP contribution is -2.36. The van der Waals surface area contributed by atoms with E-state index in [4.69, 9.17) is 16.3 Å². The van der Waals surface area contributed by atoms with Crippen molar-refractivity contribution in [1.29, 1.82) is 0 Å². The van der Waals surface area contributed by atoms with Gasteiger partial charge in [0.2, 0.25) is 6.41 Å². The largest absolute Gasteiger partial charge is 0.378 e. The van der Waals surface area contributed by atoms with Crippen molar-refractivity contribution >= 4 is 29.6 Å². The van der Waals surface area contributed by atoms with Crippen molar-refractivity contribution in [1.82, 2.24) is 4.90 Å². The summed E-state index contributed by atoms with van der Waals surface area (Å²) >= 11 is 5.80. The minimum absolute atomic E-state index is 0.378. The Morgan fingerprint density at radius 3 is 2.48 bits per heavy atom. The van der Waals surface area contributed by atoms with Gasteiger partial charge in [-0.3, -0.25) is 9.59 Å². The smallest absolute Gasteiger partial charge is 0.259 e. The summed E-state index contributed by atoms with van der Waals surface area (Å²) in [6.07, 6.45) is 1.98. The molecule has 112 valence electrons. The molecule has 5 nitrogen and oxygen atoms in total. The van der Waals surface area contributed by atoms with E-state index in [-0.39, 0.29) is 5.91 Å². The van der Waals surface area contributed by atoms with Gasteiger partial charge >= 0.3 is 0 Å². The highest BCUT2D eigenvalue weighted by Crippen LogP contribution is 2.18. The maximum Gasteiger partial charge on any atom is 0.259 e. The van der Waals surface area contributed by atoms with E-state index in [1.54, 1.807) is 24.3 Å². The summed E-state index contributed by atoms with van der Waals surface area (Å²) in [5.41, 5.74) is 1.31. The first kappa shape index (κ1) is 15.5. The van der Waals surface area contributed by atoms with Crippen LogP contribution >= 0.6 is 11.6 Å². The van der Waals surface area contributed by atoms with E-state index in [9.17, 15) is 9.59 Å². The lowest BCUT2D eigenvalue weighted by Gasteiger charge is -2.29. The Hall–Kier alpha value is -1.85. The van der Waals surface area contributed by atoms with Crippen LogP contribution in [0.1, 0.15) is 6.92 Å². The molecule has 21 heavy (non-hydrogen) atoms. The topological polar surface area (TPSA) is 49.9 Å². The van der Waals surface area contributed by atoms with E-state index in [1.165, 1.54) is 6.08 Å². The molecule has 1 heterocycles. The van der Waals surface area contributed by atoms with Gasteiger partial charge in [-0.15, -0.1) is 0 Å². The van der Waals surface area contributed by atoms with Crippen LogP contribution in [0.4, 0.5) is 5.69 Å². The second-order valence-corrected chi connectivity index (χ2v) is 5.11. The summed E-state index contributed by atoms with van der Waals surface area (Å²) in [6, 6.07) is 6.54. The quantitative estimate of drug-likeness (QED) is 0.631. The van der Waals surface area contributed by atoms with Gasteiger partial charge < -0.3 is 9.64 Å². The third-order valence-electron chi connectivity index (χ3n) is 3.29. The Morgan fingerprint density at radius 1 is 1.29 bits per heavy atom. The summed E-state index contributed by atoms with van der Waals surface area (Å²) in [5, 5.41) is 0.553. The highest BCUT2D eigenvalue weighted by molar-refractivity contribution is 6.30. The number of benzene rings is 1. The molecule has 0 aliphatic carbocycles. The molecule has 1 aliphatic rings. The molecule has 0 spiro atoms. The van der Waals surface area contributed by atoms with Crippen LogP contribution < -0.4 is 4.90 Å². The van der Waals surface area contributed by atoms with Crippen LogP contribution in [0.5, 0.6) is 0 Å². The van der Waals surface area contributed by atoms with Gasteiger partial charge in [0.05, 0.1) is 18.9 Å². The molecule has 0 N–H and O–H groups in total. The zero-order valence-electron chi connectivity index (χ0n) is 11.8. The molecular formula is C15H17ClN2O3.